The standard InChI is InChI=1S/C25H34ClNO2S/c1-24(2,3)30-22-19-9-7-8-10-20(19)27(16-17-11-13-18(26)14-12-17)21(22)15-25(4,5)23(28)29-6/h11-14H,7-10,15-16H2,1-6H3. The second-order valence-corrected chi connectivity index (χ2v) is 12.2. The zero-order valence-corrected chi connectivity index (χ0v) is 20.7. The Labute approximate surface area is 190 Å². The van der Waals surface area contributed by atoms with Gasteiger partial charge in [-0.15, -0.1) is 11.8 Å². The van der Waals surface area contributed by atoms with E-state index in [-0.39, 0.29) is 10.7 Å². The van der Waals surface area contributed by atoms with Gasteiger partial charge in [0.25, 0.3) is 0 Å². The van der Waals surface area contributed by atoms with E-state index in [1.165, 1.54) is 47.4 Å². The topological polar surface area (TPSA) is 31.2 Å². The summed E-state index contributed by atoms with van der Waals surface area (Å²) in [6.07, 6.45) is 5.33. The molecule has 0 atom stereocenters. The van der Waals surface area contributed by atoms with Gasteiger partial charge in [-0.05, 0) is 62.8 Å². The second-order valence-electron chi connectivity index (χ2n) is 9.89. The molecule has 30 heavy (non-hydrogen) atoms. The Morgan fingerprint density at radius 2 is 1.73 bits per heavy atom. The lowest BCUT2D eigenvalue weighted by Crippen LogP contribution is -2.29. The molecule has 0 radical (unpaired) electrons. The summed E-state index contributed by atoms with van der Waals surface area (Å²) >= 11 is 8.06. The van der Waals surface area contributed by atoms with Crippen LogP contribution in [0.5, 0.6) is 0 Å². The van der Waals surface area contributed by atoms with Crippen LogP contribution in [0.4, 0.5) is 0 Å². The van der Waals surface area contributed by atoms with Crippen molar-refractivity contribution in [3.8, 4) is 0 Å². The van der Waals surface area contributed by atoms with Crippen LogP contribution >= 0.6 is 23.4 Å². The molecule has 0 bridgehead atoms. The molecule has 1 aliphatic rings. The number of fused-ring (bicyclic) bond motifs is 1. The van der Waals surface area contributed by atoms with Gasteiger partial charge in [0.1, 0.15) is 0 Å². The fourth-order valence-electron chi connectivity index (χ4n) is 4.22. The molecule has 3 rings (SSSR count). The van der Waals surface area contributed by atoms with Crippen molar-refractivity contribution in [1.82, 2.24) is 4.57 Å². The van der Waals surface area contributed by atoms with E-state index < -0.39 is 5.41 Å². The highest BCUT2D eigenvalue weighted by molar-refractivity contribution is 8.00. The van der Waals surface area contributed by atoms with E-state index in [0.717, 1.165) is 24.4 Å². The van der Waals surface area contributed by atoms with Gasteiger partial charge in [0, 0.05) is 39.0 Å². The molecule has 0 fully saturated rings. The minimum absolute atomic E-state index is 0.0990. The largest absolute Gasteiger partial charge is 0.469 e. The van der Waals surface area contributed by atoms with E-state index in [1.807, 2.05) is 37.7 Å². The van der Waals surface area contributed by atoms with Gasteiger partial charge in [-0.25, -0.2) is 0 Å². The number of carbonyl (C=O) groups is 1. The number of methoxy groups -OCH3 is 1. The number of halogens is 1. The van der Waals surface area contributed by atoms with Crippen molar-refractivity contribution in [3.05, 3.63) is 51.8 Å². The Hall–Kier alpha value is -1.39. The van der Waals surface area contributed by atoms with Crippen molar-refractivity contribution in [3.63, 3.8) is 0 Å². The molecule has 0 aliphatic heterocycles. The van der Waals surface area contributed by atoms with E-state index >= 15 is 0 Å². The summed E-state index contributed by atoms with van der Waals surface area (Å²) in [5.41, 5.74) is 4.85. The van der Waals surface area contributed by atoms with E-state index in [4.69, 9.17) is 16.3 Å². The summed E-state index contributed by atoms with van der Waals surface area (Å²) in [6.45, 7) is 11.6. The van der Waals surface area contributed by atoms with Crippen LogP contribution in [0.15, 0.2) is 29.2 Å². The average Bonchev–Trinajstić information content (AvgIpc) is 2.94. The lowest BCUT2D eigenvalue weighted by Gasteiger charge is -2.25. The second kappa shape index (κ2) is 9.00. The molecular weight excluding hydrogens is 414 g/mol. The number of nitrogens with zero attached hydrogens (tertiary/aromatic N) is 1. The number of aromatic nitrogens is 1. The number of esters is 1. The van der Waals surface area contributed by atoms with Gasteiger partial charge in [-0.2, -0.15) is 0 Å². The minimum Gasteiger partial charge on any atom is -0.469 e. The van der Waals surface area contributed by atoms with E-state index in [2.05, 4.69) is 37.5 Å². The molecule has 164 valence electrons. The first-order chi connectivity index (χ1) is 14.0. The minimum atomic E-state index is -0.583. The Balaban J connectivity index is 2.14. The zero-order chi connectivity index (χ0) is 22.1. The van der Waals surface area contributed by atoms with Crippen molar-refractivity contribution in [2.45, 2.75) is 82.9 Å². The maximum Gasteiger partial charge on any atom is 0.311 e. The molecule has 0 unspecified atom stereocenters. The van der Waals surface area contributed by atoms with Gasteiger partial charge in [-0.1, -0.05) is 44.5 Å². The van der Waals surface area contributed by atoms with Gasteiger partial charge in [-0.3, -0.25) is 4.79 Å². The highest BCUT2D eigenvalue weighted by Gasteiger charge is 2.35. The number of thioether (sulfide) groups is 1. The predicted molar refractivity (Wildman–Crippen MR) is 127 cm³/mol. The van der Waals surface area contributed by atoms with Crippen molar-refractivity contribution in [2.24, 2.45) is 5.41 Å². The molecule has 0 spiro atoms. The lowest BCUT2D eigenvalue weighted by molar-refractivity contribution is -0.150. The van der Waals surface area contributed by atoms with E-state index in [9.17, 15) is 4.79 Å². The maximum atomic E-state index is 12.5. The molecule has 1 aliphatic carbocycles. The molecule has 1 heterocycles. The molecule has 1 aromatic heterocycles. The van der Waals surface area contributed by atoms with Crippen LogP contribution in [0.2, 0.25) is 5.02 Å². The number of hydrogen-bond donors (Lipinski definition) is 0. The first-order valence-corrected chi connectivity index (χ1v) is 12.0. The number of rotatable bonds is 6. The number of ether oxygens (including phenoxy) is 1. The van der Waals surface area contributed by atoms with Crippen LogP contribution < -0.4 is 0 Å². The van der Waals surface area contributed by atoms with Crippen LogP contribution in [0.1, 0.15) is 70.0 Å². The van der Waals surface area contributed by atoms with Crippen LogP contribution in [-0.4, -0.2) is 22.4 Å². The Bertz CT molecular complexity index is 907. The molecule has 3 nitrogen and oxygen atoms in total. The number of hydrogen-bond acceptors (Lipinski definition) is 3. The SMILES string of the molecule is COC(=O)C(C)(C)Cc1c(SC(C)(C)C)c2c(n1Cc1ccc(Cl)cc1)CCCC2. The van der Waals surface area contributed by atoms with Gasteiger partial charge < -0.3 is 9.30 Å². The summed E-state index contributed by atoms with van der Waals surface area (Å²) in [4.78, 5) is 13.9. The van der Waals surface area contributed by atoms with Gasteiger partial charge in [0.2, 0.25) is 0 Å². The fraction of sp³-hybridized carbons (Fsp3) is 0.560. The first-order valence-electron chi connectivity index (χ1n) is 10.8. The van der Waals surface area contributed by atoms with Crippen molar-refractivity contribution < 1.29 is 9.53 Å². The Morgan fingerprint density at radius 3 is 2.33 bits per heavy atom. The third-order valence-corrected chi connectivity index (χ3v) is 7.19. The normalized spacial score (nSPS) is 14.5. The highest BCUT2D eigenvalue weighted by atomic mass is 35.5. The Morgan fingerprint density at radius 1 is 1.10 bits per heavy atom. The molecule has 1 aromatic carbocycles. The lowest BCUT2D eigenvalue weighted by atomic mass is 9.87. The number of carbonyl (C=O) groups excluding carboxylic acids is 1. The van der Waals surface area contributed by atoms with Crippen LogP contribution in [0.3, 0.4) is 0 Å². The summed E-state index contributed by atoms with van der Waals surface area (Å²) in [7, 11) is 1.48. The molecule has 0 saturated carbocycles. The first kappa shape index (κ1) is 23.3. The molecule has 0 amide bonds. The maximum absolute atomic E-state index is 12.5. The van der Waals surface area contributed by atoms with E-state index in [0.29, 0.717) is 6.42 Å². The monoisotopic (exact) mass is 447 g/mol. The van der Waals surface area contributed by atoms with Crippen molar-refractivity contribution in [2.75, 3.05) is 7.11 Å². The van der Waals surface area contributed by atoms with Crippen molar-refractivity contribution >= 4 is 29.3 Å². The highest BCUT2D eigenvalue weighted by Crippen LogP contribution is 2.44. The molecular formula is C25H34ClNO2S. The smallest absolute Gasteiger partial charge is 0.311 e. The van der Waals surface area contributed by atoms with Gasteiger partial charge in [0.15, 0.2) is 0 Å². The van der Waals surface area contributed by atoms with Gasteiger partial charge in [0.05, 0.1) is 12.5 Å². The summed E-state index contributed by atoms with van der Waals surface area (Å²) in [5.74, 6) is -0.161. The van der Waals surface area contributed by atoms with Crippen LogP contribution in [-0.2, 0) is 35.3 Å². The molecule has 5 heteroatoms. The van der Waals surface area contributed by atoms with Crippen LogP contribution in [0, 0.1) is 5.41 Å². The van der Waals surface area contributed by atoms with Crippen molar-refractivity contribution in [1.29, 1.82) is 0 Å². The third kappa shape index (κ3) is 5.26. The zero-order valence-electron chi connectivity index (χ0n) is 19.1. The Kier molecular flexibility index (Phi) is 6.98. The molecule has 0 saturated heterocycles. The summed E-state index contributed by atoms with van der Waals surface area (Å²) < 4.78 is 7.71. The molecule has 0 N–H and O–H groups in total. The predicted octanol–water partition coefficient (Wildman–Crippen LogP) is 6.70. The third-order valence-electron chi connectivity index (χ3n) is 5.64. The average molecular weight is 448 g/mol. The van der Waals surface area contributed by atoms with E-state index in [1.54, 1.807) is 0 Å². The number of benzene rings is 1. The van der Waals surface area contributed by atoms with Gasteiger partial charge >= 0.3 is 5.97 Å². The quantitative estimate of drug-likeness (QED) is 0.364. The molecule has 2 aromatic rings. The summed E-state index contributed by atoms with van der Waals surface area (Å²) in [6, 6.07) is 8.11. The fourth-order valence-corrected chi connectivity index (χ4v) is 5.61. The summed E-state index contributed by atoms with van der Waals surface area (Å²) in [5, 5.41) is 0.754. The van der Waals surface area contributed by atoms with Crippen LogP contribution in [0.25, 0.3) is 0 Å².